The third-order valence-corrected chi connectivity index (χ3v) is 6.08. The fraction of sp³-hybridized carbons (Fsp3) is 0.269. The van der Waals surface area contributed by atoms with E-state index >= 15 is 4.39 Å². The van der Waals surface area contributed by atoms with E-state index in [0.717, 1.165) is 5.69 Å². The average Bonchev–Trinajstić information content (AvgIpc) is 3.22. The average molecular weight is 490 g/mol. The van der Waals surface area contributed by atoms with E-state index in [1.165, 1.54) is 18.5 Å². The second-order valence-corrected chi connectivity index (χ2v) is 9.07. The standard InChI is InChI=1S/C26H25F2N7O/c1-14-8-18-21(33-14)5-7-23(24(18)28)36-26-19(10-29)25(30-13-31-26)34-17-4-6-22(20(27)9-17)35-11-15(2)32-16(3)12-35/h4-9,13,15-16,32-33H,11-12H2,1-3H3,(H,30,31,34)/t15-,16+. The molecule has 0 bridgehead atoms. The number of piperazine rings is 1. The van der Waals surface area contributed by atoms with Gasteiger partial charge in [-0.25, -0.2) is 18.7 Å². The second-order valence-electron chi connectivity index (χ2n) is 9.07. The topological polar surface area (TPSA) is 102 Å². The van der Waals surface area contributed by atoms with Crippen molar-refractivity contribution >= 4 is 28.1 Å². The Kier molecular flexibility index (Phi) is 6.16. The first kappa shape index (κ1) is 23.5. The molecule has 3 heterocycles. The van der Waals surface area contributed by atoms with Crippen molar-refractivity contribution in [3.63, 3.8) is 0 Å². The maximum absolute atomic E-state index is 15.0. The van der Waals surface area contributed by atoms with Gasteiger partial charge in [0.2, 0.25) is 5.88 Å². The number of ether oxygens (including phenoxy) is 1. The molecule has 2 atom stereocenters. The lowest BCUT2D eigenvalue weighted by Gasteiger charge is -2.37. The van der Waals surface area contributed by atoms with Crippen molar-refractivity contribution in [1.29, 1.82) is 5.26 Å². The van der Waals surface area contributed by atoms with Gasteiger partial charge in [0.1, 0.15) is 18.2 Å². The summed E-state index contributed by atoms with van der Waals surface area (Å²) in [6, 6.07) is 12.1. The Morgan fingerprint density at radius 2 is 1.89 bits per heavy atom. The van der Waals surface area contributed by atoms with Gasteiger partial charge in [0.05, 0.1) is 5.69 Å². The number of nitrogens with zero attached hydrogens (tertiary/aromatic N) is 4. The van der Waals surface area contributed by atoms with Crippen molar-refractivity contribution in [3.8, 4) is 17.7 Å². The zero-order valence-electron chi connectivity index (χ0n) is 20.1. The van der Waals surface area contributed by atoms with Gasteiger partial charge in [-0.05, 0) is 57.2 Å². The lowest BCUT2D eigenvalue weighted by Crippen LogP contribution is -2.54. The minimum absolute atomic E-state index is 0.0310. The smallest absolute Gasteiger partial charge is 0.242 e. The van der Waals surface area contributed by atoms with Crippen molar-refractivity contribution < 1.29 is 13.5 Å². The summed E-state index contributed by atoms with van der Waals surface area (Å²) in [5.41, 5.74) is 2.34. The molecule has 0 radical (unpaired) electrons. The molecule has 184 valence electrons. The molecule has 3 N–H and O–H groups in total. The number of nitriles is 1. The molecule has 0 unspecified atom stereocenters. The van der Waals surface area contributed by atoms with Crippen molar-refractivity contribution in [2.45, 2.75) is 32.9 Å². The van der Waals surface area contributed by atoms with Crippen LogP contribution in [0.5, 0.6) is 11.6 Å². The van der Waals surface area contributed by atoms with Gasteiger partial charge in [0, 0.05) is 47.5 Å². The quantitative estimate of drug-likeness (QED) is 0.357. The van der Waals surface area contributed by atoms with Crippen LogP contribution in [0.15, 0.2) is 42.7 Å². The van der Waals surface area contributed by atoms with Crippen LogP contribution in [0, 0.1) is 29.9 Å². The van der Waals surface area contributed by atoms with E-state index in [4.69, 9.17) is 4.74 Å². The Morgan fingerprint density at radius 1 is 1.11 bits per heavy atom. The highest BCUT2D eigenvalue weighted by molar-refractivity contribution is 5.83. The fourth-order valence-electron chi connectivity index (χ4n) is 4.61. The molecule has 0 aliphatic carbocycles. The van der Waals surface area contributed by atoms with E-state index in [-0.39, 0.29) is 40.9 Å². The normalized spacial score (nSPS) is 17.7. The highest BCUT2D eigenvalue weighted by Crippen LogP contribution is 2.33. The van der Waals surface area contributed by atoms with Crippen LogP contribution < -0.4 is 20.3 Å². The number of halogens is 2. The maximum atomic E-state index is 15.0. The van der Waals surface area contributed by atoms with E-state index in [1.807, 2.05) is 17.9 Å². The molecule has 8 nitrogen and oxygen atoms in total. The summed E-state index contributed by atoms with van der Waals surface area (Å²) in [5.74, 6) is -1.01. The van der Waals surface area contributed by atoms with Crippen LogP contribution in [0.3, 0.4) is 0 Å². The van der Waals surface area contributed by atoms with Gasteiger partial charge in [-0.2, -0.15) is 5.26 Å². The van der Waals surface area contributed by atoms with Crippen molar-refractivity contribution in [3.05, 3.63) is 65.6 Å². The Balaban J connectivity index is 1.40. The van der Waals surface area contributed by atoms with Gasteiger partial charge in [-0.1, -0.05) is 0 Å². The Morgan fingerprint density at radius 3 is 2.61 bits per heavy atom. The summed E-state index contributed by atoms with van der Waals surface area (Å²) in [7, 11) is 0. The number of benzene rings is 2. The lowest BCUT2D eigenvalue weighted by molar-refractivity contribution is 0.404. The molecule has 1 fully saturated rings. The molecule has 0 spiro atoms. The molecule has 2 aromatic heterocycles. The fourth-order valence-corrected chi connectivity index (χ4v) is 4.61. The molecule has 1 aliphatic heterocycles. The summed E-state index contributed by atoms with van der Waals surface area (Å²) in [4.78, 5) is 13.2. The van der Waals surface area contributed by atoms with E-state index in [0.29, 0.717) is 35.4 Å². The predicted octanol–water partition coefficient (Wildman–Crippen LogP) is 5.14. The molecule has 36 heavy (non-hydrogen) atoms. The Labute approximate surface area is 206 Å². The monoisotopic (exact) mass is 489 g/mol. The molecule has 1 saturated heterocycles. The van der Waals surface area contributed by atoms with Gasteiger partial charge in [0.15, 0.2) is 22.9 Å². The van der Waals surface area contributed by atoms with Crippen molar-refractivity contribution in [2.75, 3.05) is 23.3 Å². The molecule has 10 heteroatoms. The van der Waals surface area contributed by atoms with E-state index < -0.39 is 5.82 Å². The third kappa shape index (κ3) is 4.53. The van der Waals surface area contributed by atoms with Gasteiger partial charge in [-0.3, -0.25) is 0 Å². The predicted molar refractivity (Wildman–Crippen MR) is 134 cm³/mol. The Hall–Kier alpha value is -4.23. The number of H-pyrrole nitrogens is 1. The van der Waals surface area contributed by atoms with E-state index in [9.17, 15) is 9.65 Å². The SMILES string of the molecule is Cc1cc2c(F)c(Oc3ncnc(Nc4ccc(N5C[C@@H](C)N[C@@H](C)C5)c(F)c4)c3C#N)ccc2[nH]1. The first-order valence-corrected chi connectivity index (χ1v) is 11.6. The van der Waals surface area contributed by atoms with Gasteiger partial charge in [0.25, 0.3) is 0 Å². The minimum Gasteiger partial charge on any atom is -0.434 e. The molecule has 0 saturated carbocycles. The van der Waals surface area contributed by atoms with Crippen molar-refractivity contribution in [2.24, 2.45) is 0 Å². The highest BCUT2D eigenvalue weighted by atomic mass is 19.1. The lowest BCUT2D eigenvalue weighted by atomic mass is 10.1. The molecular formula is C26H25F2N7O. The summed E-state index contributed by atoms with van der Waals surface area (Å²) >= 11 is 0. The van der Waals surface area contributed by atoms with E-state index in [2.05, 4.69) is 39.4 Å². The largest absolute Gasteiger partial charge is 0.434 e. The number of aryl methyl sites for hydroxylation is 1. The van der Waals surface area contributed by atoms with Crippen LogP contribution in [0.1, 0.15) is 25.1 Å². The molecular weight excluding hydrogens is 464 g/mol. The number of aromatic amines is 1. The first-order valence-electron chi connectivity index (χ1n) is 11.6. The van der Waals surface area contributed by atoms with Gasteiger partial charge in [-0.15, -0.1) is 0 Å². The zero-order valence-corrected chi connectivity index (χ0v) is 20.1. The van der Waals surface area contributed by atoms with Crippen LogP contribution in [0.25, 0.3) is 10.9 Å². The Bertz CT molecular complexity index is 1470. The van der Waals surface area contributed by atoms with E-state index in [1.54, 1.807) is 24.3 Å². The van der Waals surface area contributed by atoms with Crippen molar-refractivity contribution in [1.82, 2.24) is 20.3 Å². The maximum Gasteiger partial charge on any atom is 0.242 e. The third-order valence-electron chi connectivity index (χ3n) is 6.08. The zero-order chi connectivity index (χ0) is 25.4. The first-order chi connectivity index (χ1) is 17.3. The number of hydrogen-bond acceptors (Lipinski definition) is 7. The summed E-state index contributed by atoms with van der Waals surface area (Å²) < 4.78 is 35.7. The number of anilines is 3. The molecule has 2 aromatic carbocycles. The number of nitrogens with one attached hydrogen (secondary N) is 3. The number of aromatic nitrogens is 3. The number of fused-ring (bicyclic) bond motifs is 1. The molecule has 5 rings (SSSR count). The van der Waals surface area contributed by atoms with Crippen LogP contribution in [0.4, 0.5) is 26.0 Å². The van der Waals surface area contributed by atoms with Crippen LogP contribution in [-0.4, -0.2) is 40.1 Å². The molecule has 0 amide bonds. The summed E-state index contributed by atoms with van der Waals surface area (Å²) in [6.07, 6.45) is 1.20. The highest BCUT2D eigenvalue weighted by Gasteiger charge is 2.23. The summed E-state index contributed by atoms with van der Waals surface area (Å²) in [6.45, 7) is 7.36. The number of rotatable bonds is 5. The summed E-state index contributed by atoms with van der Waals surface area (Å²) in [5, 5.41) is 16.6. The molecule has 1 aliphatic rings. The van der Waals surface area contributed by atoms with Gasteiger partial charge < -0.3 is 25.3 Å². The van der Waals surface area contributed by atoms with Crippen LogP contribution in [-0.2, 0) is 0 Å². The van der Waals surface area contributed by atoms with Crippen LogP contribution in [0.2, 0.25) is 0 Å². The minimum atomic E-state index is -0.567. The van der Waals surface area contributed by atoms with Gasteiger partial charge >= 0.3 is 0 Å². The number of hydrogen-bond donors (Lipinski definition) is 3. The molecule has 4 aromatic rings. The second kappa shape index (κ2) is 9.43. The van der Waals surface area contributed by atoms with Crippen LogP contribution >= 0.6 is 0 Å².